The van der Waals surface area contributed by atoms with Gasteiger partial charge in [-0.25, -0.2) is 0 Å². The normalized spacial score (nSPS) is 34.7. The largest absolute Gasteiger partial charge is 0.469 e. The van der Waals surface area contributed by atoms with Crippen LogP contribution in [0, 0.1) is 5.92 Å². The minimum atomic E-state index is -0.508. The molecule has 5 atom stereocenters. The predicted octanol–water partition coefficient (Wildman–Crippen LogP) is 2.70. The number of fused-ring (bicyclic) bond motifs is 2. The van der Waals surface area contributed by atoms with Crippen molar-refractivity contribution in [1.29, 1.82) is 0 Å². The molecule has 2 aliphatic rings. The van der Waals surface area contributed by atoms with Gasteiger partial charge in [-0.2, -0.15) is 0 Å². The first-order valence-corrected chi connectivity index (χ1v) is 8.12. The summed E-state index contributed by atoms with van der Waals surface area (Å²) < 4.78 is 5.01. The third-order valence-corrected chi connectivity index (χ3v) is 5.87. The number of methoxy groups -OCH3 is 1. The molecule has 0 aliphatic carbocycles. The van der Waals surface area contributed by atoms with Crippen molar-refractivity contribution in [2.24, 2.45) is 5.92 Å². The number of hydrogen-bond donors (Lipinski definition) is 1. The number of hydrogen-bond acceptors (Lipinski definition) is 4. The lowest BCUT2D eigenvalue weighted by Crippen LogP contribution is -2.51. The van der Waals surface area contributed by atoms with E-state index >= 15 is 0 Å². The summed E-state index contributed by atoms with van der Waals surface area (Å²) in [6.45, 7) is 0. The summed E-state index contributed by atoms with van der Waals surface area (Å²) in [6.07, 6.45) is 0.973. The molecule has 2 aliphatic heterocycles. The van der Waals surface area contributed by atoms with Gasteiger partial charge in [0.15, 0.2) is 0 Å². The van der Waals surface area contributed by atoms with E-state index in [1.807, 2.05) is 19.2 Å². The first kappa shape index (κ1) is 16.1. The minimum absolute atomic E-state index is 0.0226. The van der Waals surface area contributed by atoms with Crippen molar-refractivity contribution in [3.8, 4) is 0 Å². The molecule has 6 heteroatoms. The Kier molecular flexibility index (Phi) is 4.38. The maximum absolute atomic E-state index is 12.4. The second kappa shape index (κ2) is 6.00. The van der Waals surface area contributed by atoms with Crippen LogP contribution in [0.25, 0.3) is 0 Å². The summed E-state index contributed by atoms with van der Waals surface area (Å²) in [7, 11) is 3.36. The van der Waals surface area contributed by atoms with Crippen molar-refractivity contribution in [2.75, 3.05) is 14.2 Å². The Bertz CT molecular complexity index is 595. The highest BCUT2D eigenvalue weighted by molar-refractivity contribution is 6.42. The van der Waals surface area contributed by atoms with Crippen molar-refractivity contribution in [2.45, 2.75) is 36.9 Å². The Morgan fingerprint density at radius 1 is 1.32 bits per heavy atom. The van der Waals surface area contributed by atoms with Crippen molar-refractivity contribution in [3.63, 3.8) is 0 Å². The van der Waals surface area contributed by atoms with Gasteiger partial charge in [-0.1, -0.05) is 29.3 Å². The van der Waals surface area contributed by atoms with Gasteiger partial charge < -0.3 is 9.84 Å². The smallest absolute Gasteiger partial charge is 0.310 e. The number of benzene rings is 1. The highest BCUT2D eigenvalue weighted by Gasteiger charge is 2.53. The summed E-state index contributed by atoms with van der Waals surface area (Å²) in [5, 5.41) is 11.3. The van der Waals surface area contributed by atoms with Crippen LogP contribution < -0.4 is 0 Å². The molecule has 2 heterocycles. The summed E-state index contributed by atoms with van der Waals surface area (Å²) in [4.78, 5) is 14.5. The molecule has 2 bridgehead atoms. The average Bonchev–Trinajstić information content (AvgIpc) is 2.68. The molecule has 3 rings (SSSR count). The van der Waals surface area contributed by atoms with Crippen LogP contribution in [0.2, 0.25) is 10.0 Å². The van der Waals surface area contributed by atoms with E-state index in [2.05, 4.69) is 4.90 Å². The van der Waals surface area contributed by atoms with Crippen LogP contribution in [0.4, 0.5) is 0 Å². The van der Waals surface area contributed by atoms with Crippen LogP contribution in [-0.2, 0) is 9.53 Å². The van der Waals surface area contributed by atoms with Gasteiger partial charge >= 0.3 is 5.97 Å². The third-order valence-electron chi connectivity index (χ3n) is 5.13. The van der Waals surface area contributed by atoms with Gasteiger partial charge in [0.1, 0.15) is 0 Å². The molecule has 0 radical (unpaired) electrons. The zero-order valence-electron chi connectivity index (χ0n) is 12.5. The van der Waals surface area contributed by atoms with Gasteiger partial charge in [-0.05, 0) is 37.6 Å². The second-order valence-corrected chi connectivity index (χ2v) is 6.99. The molecular weight excluding hydrogens is 325 g/mol. The first-order chi connectivity index (χ1) is 10.4. The maximum Gasteiger partial charge on any atom is 0.310 e. The van der Waals surface area contributed by atoms with Gasteiger partial charge in [0.25, 0.3) is 0 Å². The Hall–Kier alpha value is -0.810. The fraction of sp³-hybridized carbons (Fsp3) is 0.562. The molecule has 2 saturated heterocycles. The van der Waals surface area contributed by atoms with Gasteiger partial charge in [-0.15, -0.1) is 0 Å². The summed E-state index contributed by atoms with van der Waals surface area (Å²) >= 11 is 12.1. The molecule has 2 fully saturated rings. The fourth-order valence-electron chi connectivity index (χ4n) is 4.06. The van der Waals surface area contributed by atoms with Gasteiger partial charge in [0, 0.05) is 18.0 Å². The van der Waals surface area contributed by atoms with Crippen LogP contribution in [0.3, 0.4) is 0 Å². The summed E-state index contributed by atoms with van der Waals surface area (Å²) in [6, 6.07) is 5.53. The van der Waals surface area contributed by atoms with Gasteiger partial charge in [0.2, 0.25) is 0 Å². The number of carbonyl (C=O) groups excluding carboxylic acids is 1. The number of likely N-dealkylation sites (N-methyl/N-ethyl adjacent to an activating group) is 1. The topological polar surface area (TPSA) is 49.8 Å². The van der Waals surface area contributed by atoms with E-state index in [4.69, 9.17) is 27.9 Å². The third kappa shape index (κ3) is 2.52. The van der Waals surface area contributed by atoms with Crippen molar-refractivity contribution in [3.05, 3.63) is 33.8 Å². The number of esters is 1. The number of ether oxygens (including phenoxy) is 1. The van der Waals surface area contributed by atoms with Crippen LogP contribution >= 0.6 is 23.2 Å². The number of aliphatic hydroxyl groups excluding tert-OH is 1. The first-order valence-electron chi connectivity index (χ1n) is 7.36. The van der Waals surface area contributed by atoms with E-state index < -0.39 is 12.0 Å². The highest BCUT2D eigenvalue weighted by atomic mass is 35.5. The molecule has 1 N–H and O–H groups in total. The lowest BCUT2D eigenvalue weighted by molar-refractivity contribution is -0.151. The summed E-state index contributed by atoms with van der Waals surface area (Å²) in [5.74, 6) is -0.709. The minimum Gasteiger partial charge on any atom is -0.469 e. The van der Waals surface area contributed by atoms with E-state index in [0.717, 1.165) is 12.0 Å². The zero-order valence-corrected chi connectivity index (χ0v) is 14.0. The van der Waals surface area contributed by atoms with Crippen LogP contribution in [0.1, 0.15) is 24.3 Å². The monoisotopic (exact) mass is 343 g/mol. The Morgan fingerprint density at radius 3 is 2.68 bits per heavy atom. The molecule has 0 saturated carbocycles. The maximum atomic E-state index is 12.4. The molecule has 120 valence electrons. The lowest BCUT2D eigenvalue weighted by atomic mass is 9.76. The number of rotatable bonds is 2. The Morgan fingerprint density at radius 2 is 2.05 bits per heavy atom. The molecule has 1 aromatic carbocycles. The van der Waals surface area contributed by atoms with E-state index in [0.29, 0.717) is 16.5 Å². The molecule has 22 heavy (non-hydrogen) atoms. The molecule has 0 spiro atoms. The molecule has 0 amide bonds. The van der Waals surface area contributed by atoms with Crippen LogP contribution in [0.15, 0.2) is 18.2 Å². The number of nitrogens with zero attached hydrogens (tertiary/aromatic N) is 1. The number of aliphatic hydroxyl groups is 1. The highest BCUT2D eigenvalue weighted by Crippen LogP contribution is 2.47. The van der Waals surface area contributed by atoms with Gasteiger partial charge in [-0.3, -0.25) is 9.69 Å². The SMILES string of the molecule is COC(=O)[C@@H]1[C@H]2[C@H](O)C[C@H](C[C@H]1c1ccc(Cl)c(Cl)c1)N2C. The number of carbonyl (C=O) groups is 1. The Balaban J connectivity index is 2.01. The molecule has 4 nitrogen and oxygen atoms in total. The van der Waals surface area contributed by atoms with Crippen molar-refractivity contribution >= 4 is 29.2 Å². The van der Waals surface area contributed by atoms with E-state index in [1.54, 1.807) is 6.07 Å². The second-order valence-electron chi connectivity index (χ2n) is 6.18. The molecular formula is C16H19Cl2NO3. The molecule has 0 unspecified atom stereocenters. The van der Waals surface area contributed by atoms with Crippen molar-refractivity contribution in [1.82, 2.24) is 4.90 Å². The van der Waals surface area contributed by atoms with E-state index in [1.165, 1.54) is 7.11 Å². The van der Waals surface area contributed by atoms with Crippen molar-refractivity contribution < 1.29 is 14.6 Å². The van der Waals surface area contributed by atoms with Gasteiger partial charge in [0.05, 0.1) is 29.2 Å². The standard InChI is InChI=1S/C16H19Cl2NO3/c1-19-9-6-10(8-3-4-11(17)12(18)5-8)14(16(21)22-2)15(19)13(20)7-9/h3-5,9-10,13-15,20H,6-7H2,1-2H3/t9-,10-,13+,14-,15+/m0/s1. The predicted molar refractivity (Wildman–Crippen MR) is 85.3 cm³/mol. The number of piperidine rings is 1. The van der Waals surface area contributed by atoms with E-state index in [9.17, 15) is 9.90 Å². The van der Waals surface area contributed by atoms with E-state index in [-0.39, 0.29) is 24.0 Å². The Labute approximate surface area is 140 Å². The molecule has 1 aromatic rings. The summed E-state index contributed by atoms with van der Waals surface area (Å²) in [5.41, 5.74) is 0.974. The quantitative estimate of drug-likeness (QED) is 0.838. The van der Waals surface area contributed by atoms with Crippen LogP contribution in [-0.4, -0.2) is 48.3 Å². The zero-order chi connectivity index (χ0) is 16.0. The van der Waals surface area contributed by atoms with Crippen LogP contribution in [0.5, 0.6) is 0 Å². The average molecular weight is 344 g/mol. The molecule has 0 aromatic heterocycles. The number of halogens is 2. The fourth-order valence-corrected chi connectivity index (χ4v) is 4.36. The lowest BCUT2D eigenvalue weighted by Gasteiger charge is -2.42.